The first kappa shape index (κ1) is 9.10. The van der Waals surface area contributed by atoms with E-state index >= 15 is 0 Å². The molecule has 15 heavy (non-hydrogen) atoms. The second kappa shape index (κ2) is 3.78. The van der Waals surface area contributed by atoms with Crippen LogP contribution >= 0.6 is 11.8 Å². The molecule has 1 unspecified atom stereocenters. The Morgan fingerprint density at radius 3 is 3.27 bits per heavy atom. The molecule has 0 aromatic rings. The zero-order valence-electron chi connectivity index (χ0n) is 8.35. The summed E-state index contributed by atoms with van der Waals surface area (Å²) in [6.07, 6.45) is 16.9. The van der Waals surface area contributed by atoms with E-state index in [4.69, 9.17) is 4.74 Å². The summed E-state index contributed by atoms with van der Waals surface area (Å²) in [5.41, 5.74) is 1.25. The van der Waals surface area contributed by atoms with E-state index in [9.17, 15) is 0 Å². The van der Waals surface area contributed by atoms with Crippen LogP contribution in [0.5, 0.6) is 0 Å². The lowest BCUT2D eigenvalue weighted by molar-refractivity contribution is 0.360. The molecule has 3 aliphatic rings. The summed E-state index contributed by atoms with van der Waals surface area (Å²) >= 11 is 1.92. The molecule has 1 heterocycles. The van der Waals surface area contributed by atoms with Gasteiger partial charge in [0.15, 0.2) is 0 Å². The number of rotatable bonds is 0. The standard InChI is InChI=1S/C13H12OS/c1-3-7-12-10(5-1)9-14-11-6-2-4-8-13(11)15-12/h1-3,5-7,9,12H,4,8H2. The number of hydrogen-bond donors (Lipinski definition) is 0. The minimum atomic E-state index is 0.439. The Hall–Kier alpha value is -1.15. The minimum absolute atomic E-state index is 0.439. The van der Waals surface area contributed by atoms with Crippen LogP contribution in [0.2, 0.25) is 0 Å². The van der Waals surface area contributed by atoms with Crippen molar-refractivity contribution in [2.75, 3.05) is 0 Å². The highest BCUT2D eigenvalue weighted by Crippen LogP contribution is 2.39. The second-order valence-corrected chi connectivity index (χ2v) is 4.98. The second-order valence-electron chi connectivity index (χ2n) is 3.75. The van der Waals surface area contributed by atoms with Gasteiger partial charge in [0.25, 0.3) is 0 Å². The van der Waals surface area contributed by atoms with E-state index in [-0.39, 0.29) is 0 Å². The maximum Gasteiger partial charge on any atom is 0.135 e. The lowest BCUT2D eigenvalue weighted by atomic mass is 10.1. The number of allylic oxidation sites excluding steroid dienone is 6. The number of fused-ring (bicyclic) bond motifs is 1. The lowest BCUT2D eigenvalue weighted by Gasteiger charge is -2.16. The molecule has 0 spiro atoms. The van der Waals surface area contributed by atoms with Crippen molar-refractivity contribution in [1.82, 2.24) is 0 Å². The molecule has 0 radical (unpaired) electrons. The van der Waals surface area contributed by atoms with Crippen molar-refractivity contribution in [3.05, 3.63) is 59.0 Å². The molecule has 76 valence electrons. The first-order valence-electron chi connectivity index (χ1n) is 5.21. The Balaban J connectivity index is 1.95. The molecule has 0 fully saturated rings. The molecule has 0 amide bonds. The summed E-state index contributed by atoms with van der Waals surface area (Å²) in [7, 11) is 0. The summed E-state index contributed by atoms with van der Waals surface area (Å²) in [5.74, 6) is 1.04. The molecule has 0 N–H and O–H groups in total. The largest absolute Gasteiger partial charge is 0.464 e. The molecule has 1 aliphatic heterocycles. The molecule has 3 rings (SSSR count). The van der Waals surface area contributed by atoms with Crippen LogP contribution in [0.3, 0.4) is 0 Å². The highest BCUT2D eigenvalue weighted by molar-refractivity contribution is 8.04. The van der Waals surface area contributed by atoms with Crippen LogP contribution in [0.15, 0.2) is 59.0 Å². The van der Waals surface area contributed by atoms with Gasteiger partial charge in [0, 0.05) is 10.5 Å². The van der Waals surface area contributed by atoms with Gasteiger partial charge in [-0.05, 0) is 18.9 Å². The van der Waals surface area contributed by atoms with Gasteiger partial charge in [-0.15, -0.1) is 11.8 Å². The third-order valence-corrected chi connectivity index (χ3v) is 4.06. The summed E-state index contributed by atoms with van der Waals surface area (Å²) in [6, 6.07) is 0. The zero-order valence-corrected chi connectivity index (χ0v) is 9.17. The van der Waals surface area contributed by atoms with Crippen molar-refractivity contribution >= 4 is 11.8 Å². The highest BCUT2D eigenvalue weighted by Gasteiger charge is 2.21. The van der Waals surface area contributed by atoms with Gasteiger partial charge < -0.3 is 4.74 Å². The summed E-state index contributed by atoms with van der Waals surface area (Å²) in [5, 5.41) is 0.439. The van der Waals surface area contributed by atoms with Gasteiger partial charge in [0.05, 0.1) is 11.5 Å². The monoisotopic (exact) mass is 216 g/mol. The fourth-order valence-corrected chi connectivity index (χ4v) is 3.09. The van der Waals surface area contributed by atoms with E-state index in [1.807, 2.05) is 18.0 Å². The van der Waals surface area contributed by atoms with Crippen molar-refractivity contribution < 1.29 is 4.74 Å². The first-order valence-corrected chi connectivity index (χ1v) is 6.09. The Kier molecular flexibility index (Phi) is 2.29. The molecule has 2 heteroatoms. The van der Waals surface area contributed by atoms with Crippen LogP contribution in [0, 0.1) is 0 Å². The van der Waals surface area contributed by atoms with E-state index in [1.165, 1.54) is 10.5 Å². The van der Waals surface area contributed by atoms with E-state index in [0.717, 1.165) is 18.6 Å². The fraction of sp³-hybridized carbons (Fsp3) is 0.231. The molecule has 0 saturated carbocycles. The van der Waals surface area contributed by atoms with Gasteiger partial charge >= 0.3 is 0 Å². The van der Waals surface area contributed by atoms with E-state index in [2.05, 4.69) is 36.5 Å². The van der Waals surface area contributed by atoms with Crippen LogP contribution in [-0.2, 0) is 4.74 Å². The normalized spacial score (nSPS) is 27.7. The molecule has 0 saturated heterocycles. The molecular weight excluding hydrogens is 204 g/mol. The van der Waals surface area contributed by atoms with Gasteiger partial charge in [0.1, 0.15) is 5.76 Å². The Morgan fingerprint density at radius 2 is 2.27 bits per heavy atom. The van der Waals surface area contributed by atoms with E-state index in [0.29, 0.717) is 5.25 Å². The summed E-state index contributed by atoms with van der Waals surface area (Å²) in [6.45, 7) is 0. The zero-order chi connectivity index (χ0) is 10.1. The minimum Gasteiger partial charge on any atom is -0.464 e. The Bertz CT molecular complexity index is 424. The van der Waals surface area contributed by atoms with Crippen LogP contribution in [0.25, 0.3) is 0 Å². The van der Waals surface area contributed by atoms with Crippen molar-refractivity contribution in [1.29, 1.82) is 0 Å². The average molecular weight is 216 g/mol. The predicted molar refractivity (Wildman–Crippen MR) is 64.2 cm³/mol. The Morgan fingerprint density at radius 1 is 1.27 bits per heavy atom. The van der Waals surface area contributed by atoms with E-state index < -0.39 is 0 Å². The number of ether oxygens (including phenoxy) is 1. The van der Waals surface area contributed by atoms with Gasteiger partial charge in [-0.3, -0.25) is 0 Å². The molecular formula is C13H12OS. The topological polar surface area (TPSA) is 9.23 Å². The quantitative estimate of drug-likeness (QED) is 0.610. The third kappa shape index (κ3) is 1.70. The third-order valence-electron chi connectivity index (χ3n) is 2.69. The van der Waals surface area contributed by atoms with Crippen molar-refractivity contribution in [2.24, 2.45) is 0 Å². The smallest absolute Gasteiger partial charge is 0.135 e. The number of hydrogen-bond acceptors (Lipinski definition) is 2. The van der Waals surface area contributed by atoms with Gasteiger partial charge in [-0.1, -0.05) is 30.4 Å². The van der Waals surface area contributed by atoms with E-state index in [1.54, 1.807) is 0 Å². The maximum absolute atomic E-state index is 5.70. The molecule has 0 aromatic heterocycles. The Labute approximate surface area is 93.9 Å². The van der Waals surface area contributed by atoms with Crippen molar-refractivity contribution in [3.8, 4) is 0 Å². The molecule has 2 aliphatic carbocycles. The van der Waals surface area contributed by atoms with Crippen molar-refractivity contribution in [2.45, 2.75) is 18.1 Å². The summed E-state index contributed by atoms with van der Waals surface area (Å²) < 4.78 is 5.70. The number of thioether (sulfide) groups is 1. The van der Waals surface area contributed by atoms with Gasteiger partial charge in [-0.25, -0.2) is 0 Å². The molecule has 1 nitrogen and oxygen atoms in total. The first-order chi connectivity index (χ1) is 7.43. The molecule has 0 aromatic carbocycles. The summed E-state index contributed by atoms with van der Waals surface area (Å²) in [4.78, 5) is 1.38. The SMILES string of the molecule is C1=CC2=COC3=C(CCC=C3)SC2C=C1. The highest BCUT2D eigenvalue weighted by atomic mass is 32.2. The average Bonchev–Trinajstić information content (AvgIpc) is 2.48. The molecule has 0 bridgehead atoms. The van der Waals surface area contributed by atoms with Gasteiger partial charge in [-0.2, -0.15) is 0 Å². The van der Waals surface area contributed by atoms with Gasteiger partial charge in [0.2, 0.25) is 0 Å². The van der Waals surface area contributed by atoms with Crippen LogP contribution in [-0.4, -0.2) is 5.25 Å². The van der Waals surface area contributed by atoms with Crippen LogP contribution in [0.1, 0.15) is 12.8 Å². The predicted octanol–water partition coefficient (Wildman–Crippen LogP) is 3.69. The van der Waals surface area contributed by atoms with Crippen LogP contribution < -0.4 is 0 Å². The lowest BCUT2D eigenvalue weighted by Crippen LogP contribution is -2.03. The molecule has 1 atom stereocenters. The van der Waals surface area contributed by atoms with Crippen LogP contribution in [0.4, 0.5) is 0 Å². The van der Waals surface area contributed by atoms with Crippen molar-refractivity contribution in [3.63, 3.8) is 0 Å². The fourth-order valence-electron chi connectivity index (χ4n) is 1.88. The maximum atomic E-state index is 5.70.